The molecule has 4 rings (SSSR count). The normalized spacial score (nSPS) is 16.8. The van der Waals surface area contributed by atoms with Crippen LogP contribution in [0.15, 0.2) is 78.4 Å². The molecule has 1 atom stereocenters. The number of carbonyl (C=O) groups is 2. The van der Waals surface area contributed by atoms with E-state index in [4.69, 9.17) is 9.47 Å². The van der Waals surface area contributed by atoms with Crippen LogP contribution < -0.4 is 19.3 Å². The van der Waals surface area contributed by atoms with E-state index >= 15 is 0 Å². The number of amides is 1. The molecule has 0 spiro atoms. The molecule has 1 aliphatic heterocycles. The summed E-state index contributed by atoms with van der Waals surface area (Å²) in [6, 6.07) is 20.8. The Morgan fingerprint density at radius 1 is 0.917 bits per heavy atom. The van der Waals surface area contributed by atoms with E-state index in [-0.39, 0.29) is 11.3 Å². The van der Waals surface area contributed by atoms with Crippen LogP contribution in [0.3, 0.4) is 0 Å². The van der Waals surface area contributed by atoms with E-state index in [2.05, 4.69) is 0 Å². The first kappa shape index (κ1) is 24.9. The van der Waals surface area contributed by atoms with Gasteiger partial charge in [0.15, 0.2) is 0 Å². The minimum Gasteiger partial charge on any atom is -0.507 e. The van der Waals surface area contributed by atoms with Gasteiger partial charge in [0.1, 0.15) is 17.3 Å². The average Bonchev–Trinajstić information content (AvgIpc) is 3.15. The predicted molar refractivity (Wildman–Crippen MR) is 141 cm³/mol. The lowest BCUT2D eigenvalue weighted by Gasteiger charge is -2.26. The highest BCUT2D eigenvalue weighted by molar-refractivity contribution is 6.51. The Balaban J connectivity index is 1.92. The van der Waals surface area contributed by atoms with Gasteiger partial charge >= 0.3 is 0 Å². The number of aliphatic hydroxyl groups excluding tert-OH is 1. The zero-order valence-corrected chi connectivity index (χ0v) is 20.9. The molecule has 7 heteroatoms. The second kappa shape index (κ2) is 10.6. The highest BCUT2D eigenvalue weighted by Crippen LogP contribution is 2.44. The summed E-state index contributed by atoms with van der Waals surface area (Å²) >= 11 is 0. The van der Waals surface area contributed by atoms with E-state index in [9.17, 15) is 14.7 Å². The molecule has 1 N–H and O–H groups in total. The SMILES string of the molecule is CCOc1ccc(/C(O)=C2/C(=O)C(=O)N(c3ccccc3)C2c2ccc(N(C)C)cc2)c(OCC)c1. The minimum absolute atomic E-state index is 0.00608. The number of ketones is 1. The van der Waals surface area contributed by atoms with Gasteiger partial charge in [-0.2, -0.15) is 0 Å². The summed E-state index contributed by atoms with van der Waals surface area (Å²) in [6.45, 7) is 4.53. The van der Waals surface area contributed by atoms with Crippen molar-refractivity contribution in [1.29, 1.82) is 0 Å². The zero-order chi connectivity index (χ0) is 25.8. The van der Waals surface area contributed by atoms with Crippen molar-refractivity contribution in [3.05, 3.63) is 89.5 Å². The Labute approximate surface area is 211 Å². The van der Waals surface area contributed by atoms with Crippen molar-refractivity contribution in [2.24, 2.45) is 0 Å². The molecule has 1 amide bonds. The van der Waals surface area contributed by atoms with Gasteiger partial charge in [-0.25, -0.2) is 0 Å². The van der Waals surface area contributed by atoms with E-state index in [0.29, 0.717) is 41.5 Å². The standard InChI is InChI=1S/C29H30N2O5/c1-5-35-22-16-17-23(24(18-22)36-6-2)27(32)25-26(19-12-14-20(15-13-19)30(3)4)31(29(34)28(25)33)21-10-8-7-9-11-21/h7-18,26,32H,5-6H2,1-4H3/b27-25-. The van der Waals surface area contributed by atoms with E-state index in [1.54, 1.807) is 42.5 Å². The van der Waals surface area contributed by atoms with Crippen LogP contribution in [0.2, 0.25) is 0 Å². The molecule has 3 aromatic carbocycles. The number of para-hydroxylation sites is 1. The van der Waals surface area contributed by atoms with Gasteiger partial charge < -0.3 is 19.5 Å². The fourth-order valence-electron chi connectivity index (χ4n) is 4.33. The van der Waals surface area contributed by atoms with Gasteiger partial charge in [-0.3, -0.25) is 14.5 Å². The van der Waals surface area contributed by atoms with Crippen LogP contribution >= 0.6 is 0 Å². The van der Waals surface area contributed by atoms with Crippen LogP contribution in [-0.2, 0) is 9.59 Å². The quantitative estimate of drug-likeness (QED) is 0.269. The number of rotatable bonds is 8. The largest absolute Gasteiger partial charge is 0.507 e. The molecule has 1 saturated heterocycles. The number of benzene rings is 3. The second-order valence-corrected chi connectivity index (χ2v) is 8.51. The Hall–Kier alpha value is -4.26. The maximum atomic E-state index is 13.4. The van der Waals surface area contributed by atoms with E-state index in [1.165, 1.54) is 4.90 Å². The van der Waals surface area contributed by atoms with Crippen molar-refractivity contribution in [2.75, 3.05) is 37.1 Å². The van der Waals surface area contributed by atoms with E-state index < -0.39 is 17.7 Å². The Morgan fingerprint density at radius 3 is 2.19 bits per heavy atom. The first-order valence-electron chi connectivity index (χ1n) is 11.9. The third-order valence-electron chi connectivity index (χ3n) is 6.02. The summed E-state index contributed by atoms with van der Waals surface area (Å²) in [5.41, 5.74) is 2.57. The molecule has 0 radical (unpaired) electrons. The maximum absolute atomic E-state index is 13.4. The number of hydrogen-bond acceptors (Lipinski definition) is 6. The van der Waals surface area contributed by atoms with Crippen molar-refractivity contribution in [1.82, 2.24) is 0 Å². The van der Waals surface area contributed by atoms with Crippen molar-refractivity contribution in [3.8, 4) is 11.5 Å². The Kier molecular flexibility index (Phi) is 7.29. The summed E-state index contributed by atoms with van der Waals surface area (Å²) in [5, 5.41) is 11.5. The molecule has 0 bridgehead atoms. The summed E-state index contributed by atoms with van der Waals surface area (Å²) in [7, 11) is 3.87. The fraction of sp³-hybridized carbons (Fsp3) is 0.241. The number of nitrogens with zero attached hydrogens (tertiary/aromatic N) is 2. The Morgan fingerprint density at radius 2 is 1.58 bits per heavy atom. The predicted octanol–water partition coefficient (Wildman–Crippen LogP) is 5.18. The van der Waals surface area contributed by atoms with Crippen LogP contribution in [0.5, 0.6) is 11.5 Å². The molecule has 3 aromatic rings. The molecule has 7 nitrogen and oxygen atoms in total. The smallest absolute Gasteiger partial charge is 0.300 e. The molecule has 1 unspecified atom stereocenters. The summed E-state index contributed by atoms with van der Waals surface area (Å²) in [6.07, 6.45) is 0. The molecule has 1 aliphatic rings. The molecule has 1 heterocycles. The van der Waals surface area contributed by atoms with Crippen molar-refractivity contribution in [2.45, 2.75) is 19.9 Å². The van der Waals surface area contributed by atoms with E-state index in [0.717, 1.165) is 5.69 Å². The second-order valence-electron chi connectivity index (χ2n) is 8.51. The average molecular weight is 487 g/mol. The van der Waals surface area contributed by atoms with Crippen LogP contribution in [0.1, 0.15) is 31.0 Å². The molecular weight excluding hydrogens is 456 g/mol. The molecule has 36 heavy (non-hydrogen) atoms. The monoisotopic (exact) mass is 486 g/mol. The van der Waals surface area contributed by atoms with Gasteiger partial charge in [0.25, 0.3) is 11.7 Å². The van der Waals surface area contributed by atoms with Gasteiger partial charge in [-0.05, 0) is 55.8 Å². The molecule has 0 aliphatic carbocycles. The van der Waals surface area contributed by atoms with Crippen molar-refractivity contribution < 1.29 is 24.2 Å². The summed E-state index contributed by atoms with van der Waals surface area (Å²) in [5.74, 6) is -0.797. The van der Waals surface area contributed by atoms with E-state index in [1.807, 2.05) is 63.2 Å². The highest BCUT2D eigenvalue weighted by Gasteiger charge is 2.47. The topological polar surface area (TPSA) is 79.3 Å². The number of ether oxygens (including phenoxy) is 2. The number of aliphatic hydroxyl groups is 1. The fourth-order valence-corrected chi connectivity index (χ4v) is 4.33. The molecule has 0 aromatic heterocycles. The molecule has 186 valence electrons. The number of Topliss-reactive ketones (excluding diaryl/α,β-unsaturated/α-hetero) is 1. The Bertz CT molecular complexity index is 1280. The summed E-state index contributed by atoms with van der Waals surface area (Å²) in [4.78, 5) is 30.2. The maximum Gasteiger partial charge on any atom is 0.300 e. The van der Waals surface area contributed by atoms with Crippen molar-refractivity contribution >= 4 is 28.8 Å². The van der Waals surface area contributed by atoms with Crippen LogP contribution in [-0.4, -0.2) is 44.1 Å². The summed E-state index contributed by atoms with van der Waals surface area (Å²) < 4.78 is 11.3. The van der Waals surface area contributed by atoms with Crippen molar-refractivity contribution in [3.63, 3.8) is 0 Å². The third kappa shape index (κ3) is 4.64. The highest BCUT2D eigenvalue weighted by atomic mass is 16.5. The van der Waals surface area contributed by atoms with Gasteiger partial charge in [0.05, 0.1) is 30.4 Å². The number of hydrogen-bond donors (Lipinski definition) is 1. The van der Waals surface area contributed by atoms with Gasteiger partial charge in [-0.1, -0.05) is 30.3 Å². The first-order chi connectivity index (χ1) is 17.4. The lowest BCUT2D eigenvalue weighted by atomic mass is 9.94. The van der Waals surface area contributed by atoms with Crippen LogP contribution in [0, 0.1) is 0 Å². The number of carbonyl (C=O) groups excluding carboxylic acids is 2. The van der Waals surface area contributed by atoms with Gasteiger partial charge in [0, 0.05) is 31.5 Å². The zero-order valence-electron chi connectivity index (χ0n) is 20.9. The van der Waals surface area contributed by atoms with Gasteiger partial charge in [0.2, 0.25) is 0 Å². The minimum atomic E-state index is -0.815. The number of anilines is 2. The lowest BCUT2D eigenvalue weighted by Crippen LogP contribution is -2.29. The van der Waals surface area contributed by atoms with Gasteiger partial charge in [-0.15, -0.1) is 0 Å². The molecule has 0 saturated carbocycles. The molecule has 1 fully saturated rings. The van der Waals surface area contributed by atoms with Crippen LogP contribution in [0.25, 0.3) is 5.76 Å². The third-order valence-corrected chi connectivity index (χ3v) is 6.02. The van der Waals surface area contributed by atoms with Crippen LogP contribution in [0.4, 0.5) is 11.4 Å². The first-order valence-corrected chi connectivity index (χ1v) is 11.9. The lowest BCUT2D eigenvalue weighted by molar-refractivity contribution is -0.132. The molecular formula is C29H30N2O5.